The molecule has 1 N–H and O–H groups in total. The van der Waals surface area contributed by atoms with Crippen LogP contribution in [0.5, 0.6) is 0 Å². The molecule has 0 spiro atoms. The number of amides is 4. The number of hydrogen-bond donors (Lipinski definition) is 1. The van der Waals surface area contributed by atoms with Crippen LogP contribution in [0.2, 0.25) is 0 Å². The maximum atomic E-state index is 13.3. The van der Waals surface area contributed by atoms with Crippen LogP contribution in [0, 0.1) is 0 Å². The van der Waals surface area contributed by atoms with Gasteiger partial charge in [0.25, 0.3) is 0 Å². The van der Waals surface area contributed by atoms with E-state index in [-0.39, 0.29) is 31.1 Å². The summed E-state index contributed by atoms with van der Waals surface area (Å²) in [6, 6.07) is 3.49. The van der Waals surface area contributed by atoms with Gasteiger partial charge in [-0.15, -0.1) is 0 Å². The highest BCUT2D eigenvalue weighted by atomic mass is 19.4. The first-order chi connectivity index (χ1) is 14.5. The molecular formula is C21H24F3N3O4. The lowest BCUT2D eigenvalue weighted by molar-refractivity contribution is -0.146. The summed E-state index contributed by atoms with van der Waals surface area (Å²) in [5.41, 5.74) is -2.73. The quantitative estimate of drug-likeness (QED) is 0.710. The van der Waals surface area contributed by atoms with Gasteiger partial charge < -0.3 is 10.2 Å². The number of imide groups is 1. The lowest BCUT2D eigenvalue weighted by Gasteiger charge is -2.37. The van der Waals surface area contributed by atoms with Gasteiger partial charge in [-0.1, -0.05) is 25.1 Å². The van der Waals surface area contributed by atoms with Gasteiger partial charge in [-0.3, -0.25) is 24.1 Å². The van der Waals surface area contributed by atoms with Crippen molar-refractivity contribution in [1.82, 2.24) is 15.1 Å². The molecule has 3 rings (SSSR count). The minimum Gasteiger partial charge on any atom is -0.353 e. The van der Waals surface area contributed by atoms with Crippen molar-refractivity contribution in [3.8, 4) is 0 Å². The average Bonchev–Trinajstić information content (AvgIpc) is 2.97. The SMILES string of the molecule is CCC1C(=O)NCCN1C(=O)CC1(c2cccc(C(F)(F)F)c2)CC(=O)N(CC)C1=O. The Morgan fingerprint density at radius 1 is 1.23 bits per heavy atom. The van der Waals surface area contributed by atoms with Crippen LogP contribution in [-0.2, 0) is 30.8 Å². The second kappa shape index (κ2) is 8.32. The third-order valence-corrected chi connectivity index (χ3v) is 5.96. The zero-order valence-corrected chi connectivity index (χ0v) is 17.3. The first-order valence-corrected chi connectivity index (χ1v) is 10.1. The normalized spacial score (nSPS) is 24.5. The Morgan fingerprint density at radius 3 is 2.52 bits per heavy atom. The summed E-state index contributed by atoms with van der Waals surface area (Å²) in [5, 5.41) is 2.67. The van der Waals surface area contributed by atoms with Gasteiger partial charge in [-0.2, -0.15) is 13.2 Å². The van der Waals surface area contributed by atoms with Crippen molar-refractivity contribution < 1.29 is 32.3 Å². The van der Waals surface area contributed by atoms with E-state index >= 15 is 0 Å². The number of alkyl halides is 3. The van der Waals surface area contributed by atoms with Crippen LogP contribution in [0.4, 0.5) is 13.2 Å². The van der Waals surface area contributed by atoms with E-state index < -0.39 is 53.8 Å². The Bertz CT molecular complexity index is 917. The number of carbonyl (C=O) groups excluding carboxylic acids is 4. The second-order valence-electron chi connectivity index (χ2n) is 7.76. The van der Waals surface area contributed by atoms with E-state index in [9.17, 15) is 32.3 Å². The number of halogens is 3. The molecule has 2 fully saturated rings. The summed E-state index contributed by atoms with van der Waals surface area (Å²) >= 11 is 0. The molecule has 168 valence electrons. The monoisotopic (exact) mass is 439 g/mol. The number of rotatable bonds is 5. The highest BCUT2D eigenvalue weighted by Gasteiger charge is 2.54. The molecule has 2 aliphatic heterocycles. The minimum absolute atomic E-state index is 0.0283. The first-order valence-electron chi connectivity index (χ1n) is 10.1. The number of hydrogen-bond acceptors (Lipinski definition) is 4. The summed E-state index contributed by atoms with van der Waals surface area (Å²) in [7, 11) is 0. The topological polar surface area (TPSA) is 86.8 Å². The Kier molecular flexibility index (Phi) is 6.11. The molecule has 2 saturated heterocycles. The smallest absolute Gasteiger partial charge is 0.353 e. The fourth-order valence-electron chi connectivity index (χ4n) is 4.36. The standard InChI is InChI=1S/C21H24F3N3O4/c1-3-15-18(30)25-8-9-27(15)17(29)12-20(11-16(28)26(4-2)19(20)31)13-6-5-7-14(10-13)21(22,23)24/h5-7,10,15H,3-4,8-9,11-12H2,1-2H3,(H,25,30). The number of carbonyl (C=O) groups is 4. The van der Waals surface area contributed by atoms with Crippen LogP contribution in [0.1, 0.15) is 44.2 Å². The van der Waals surface area contributed by atoms with Gasteiger partial charge in [-0.25, -0.2) is 0 Å². The number of benzene rings is 1. The molecule has 0 bridgehead atoms. The van der Waals surface area contributed by atoms with E-state index in [0.29, 0.717) is 6.42 Å². The molecule has 1 aromatic carbocycles. The van der Waals surface area contributed by atoms with Crippen molar-refractivity contribution in [1.29, 1.82) is 0 Å². The molecule has 2 atom stereocenters. The van der Waals surface area contributed by atoms with Crippen LogP contribution in [0.25, 0.3) is 0 Å². The number of nitrogens with zero attached hydrogens (tertiary/aromatic N) is 2. The van der Waals surface area contributed by atoms with E-state index in [0.717, 1.165) is 17.0 Å². The lowest BCUT2D eigenvalue weighted by atomic mass is 9.75. The highest BCUT2D eigenvalue weighted by Crippen LogP contribution is 2.42. The van der Waals surface area contributed by atoms with Crippen molar-refractivity contribution in [2.45, 2.75) is 50.7 Å². The molecule has 0 aromatic heterocycles. The van der Waals surface area contributed by atoms with Crippen LogP contribution < -0.4 is 5.32 Å². The second-order valence-corrected chi connectivity index (χ2v) is 7.76. The van der Waals surface area contributed by atoms with Crippen molar-refractivity contribution in [3.05, 3.63) is 35.4 Å². The predicted molar refractivity (Wildman–Crippen MR) is 104 cm³/mol. The van der Waals surface area contributed by atoms with E-state index in [4.69, 9.17) is 0 Å². The van der Waals surface area contributed by atoms with Gasteiger partial charge in [-0.05, 0) is 25.0 Å². The fourth-order valence-corrected chi connectivity index (χ4v) is 4.36. The molecule has 1 aromatic rings. The van der Waals surface area contributed by atoms with E-state index in [2.05, 4.69) is 5.32 Å². The summed E-state index contributed by atoms with van der Waals surface area (Å²) in [4.78, 5) is 53.4. The lowest BCUT2D eigenvalue weighted by Crippen LogP contribution is -2.58. The number of piperazine rings is 1. The summed E-state index contributed by atoms with van der Waals surface area (Å²) in [6.45, 7) is 3.84. The largest absolute Gasteiger partial charge is 0.416 e. The zero-order valence-electron chi connectivity index (χ0n) is 17.3. The van der Waals surface area contributed by atoms with Gasteiger partial charge in [0.1, 0.15) is 6.04 Å². The molecule has 7 nitrogen and oxygen atoms in total. The Hall–Kier alpha value is -2.91. The van der Waals surface area contributed by atoms with Crippen LogP contribution in [0.3, 0.4) is 0 Å². The van der Waals surface area contributed by atoms with E-state index in [1.807, 2.05) is 0 Å². The molecular weight excluding hydrogens is 415 g/mol. The molecule has 31 heavy (non-hydrogen) atoms. The van der Waals surface area contributed by atoms with Crippen molar-refractivity contribution in [2.24, 2.45) is 0 Å². The summed E-state index contributed by atoms with van der Waals surface area (Å²) in [5.74, 6) is -2.10. The Morgan fingerprint density at radius 2 is 1.94 bits per heavy atom. The number of likely N-dealkylation sites (tertiary alicyclic amines) is 1. The van der Waals surface area contributed by atoms with Crippen molar-refractivity contribution >= 4 is 23.6 Å². The third-order valence-electron chi connectivity index (χ3n) is 5.96. The predicted octanol–water partition coefficient (Wildman–Crippen LogP) is 1.85. The molecule has 0 aliphatic carbocycles. The van der Waals surface area contributed by atoms with Crippen LogP contribution in [-0.4, -0.2) is 59.1 Å². The summed E-state index contributed by atoms with van der Waals surface area (Å²) < 4.78 is 39.9. The maximum absolute atomic E-state index is 13.3. The first kappa shape index (κ1) is 22.8. The zero-order chi connectivity index (χ0) is 23.0. The number of likely N-dealkylation sites (N-methyl/N-ethyl adjacent to an activating group) is 1. The molecule has 2 unspecified atom stereocenters. The molecule has 4 amide bonds. The van der Waals surface area contributed by atoms with E-state index in [1.165, 1.54) is 17.0 Å². The summed E-state index contributed by atoms with van der Waals surface area (Å²) in [6.07, 6.45) is -5.18. The van der Waals surface area contributed by atoms with Gasteiger partial charge in [0.15, 0.2) is 0 Å². The number of nitrogens with one attached hydrogen (secondary N) is 1. The third kappa shape index (κ3) is 4.03. The molecule has 10 heteroatoms. The van der Waals surface area contributed by atoms with Gasteiger partial charge in [0.2, 0.25) is 23.6 Å². The van der Waals surface area contributed by atoms with Crippen molar-refractivity contribution in [3.63, 3.8) is 0 Å². The Balaban J connectivity index is 2.05. The van der Waals surface area contributed by atoms with Crippen LogP contribution in [0.15, 0.2) is 24.3 Å². The van der Waals surface area contributed by atoms with Crippen molar-refractivity contribution in [2.75, 3.05) is 19.6 Å². The van der Waals surface area contributed by atoms with E-state index in [1.54, 1.807) is 13.8 Å². The maximum Gasteiger partial charge on any atom is 0.416 e. The minimum atomic E-state index is -4.64. The van der Waals surface area contributed by atoms with Gasteiger partial charge in [0, 0.05) is 32.5 Å². The van der Waals surface area contributed by atoms with Gasteiger partial charge in [0.05, 0.1) is 11.0 Å². The van der Waals surface area contributed by atoms with Crippen LogP contribution >= 0.6 is 0 Å². The molecule has 2 aliphatic rings. The molecule has 0 saturated carbocycles. The molecule has 2 heterocycles. The average molecular weight is 439 g/mol. The highest BCUT2D eigenvalue weighted by molar-refractivity contribution is 6.11. The fraction of sp³-hybridized carbons (Fsp3) is 0.524. The Labute approximate surface area is 177 Å². The van der Waals surface area contributed by atoms with Gasteiger partial charge >= 0.3 is 6.18 Å². The molecule has 0 radical (unpaired) electrons.